The van der Waals surface area contributed by atoms with Gasteiger partial charge in [0.15, 0.2) is 0 Å². The Kier molecular flexibility index (Phi) is 11.2. The van der Waals surface area contributed by atoms with Crippen molar-refractivity contribution in [3.05, 3.63) is 94.1 Å². The summed E-state index contributed by atoms with van der Waals surface area (Å²) >= 11 is 12.2. The number of carbonyl (C=O) groups is 3. The van der Waals surface area contributed by atoms with Crippen molar-refractivity contribution in [1.82, 2.24) is 24.1 Å². The zero-order chi connectivity index (χ0) is 41.6. The average Bonchev–Trinajstić information content (AvgIpc) is 3.54. The number of benzene rings is 3. The number of piperazine rings is 1. The van der Waals surface area contributed by atoms with Gasteiger partial charge in [0.1, 0.15) is 11.7 Å². The Bertz CT molecular complexity index is 2570. The Labute approximate surface area is 347 Å². The van der Waals surface area contributed by atoms with Crippen molar-refractivity contribution >= 4 is 90.1 Å². The molecule has 3 aromatic carbocycles. The van der Waals surface area contributed by atoms with Crippen LogP contribution in [-0.4, -0.2) is 90.7 Å². The van der Waals surface area contributed by atoms with Gasteiger partial charge in [0, 0.05) is 79.9 Å². The molecule has 19 heteroatoms. The van der Waals surface area contributed by atoms with E-state index in [1.54, 1.807) is 6.20 Å². The van der Waals surface area contributed by atoms with Gasteiger partial charge in [0.2, 0.25) is 11.8 Å². The number of anilines is 3. The molecule has 0 saturated carbocycles. The highest BCUT2D eigenvalue weighted by Gasteiger charge is 2.34. The van der Waals surface area contributed by atoms with E-state index in [1.165, 1.54) is 22.5 Å². The van der Waals surface area contributed by atoms with E-state index in [9.17, 15) is 36.0 Å². The molecule has 3 aliphatic heterocycles. The van der Waals surface area contributed by atoms with Crippen molar-refractivity contribution < 1.29 is 36.0 Å². The molecule has 1 unspecified atom stereocenters. The summed E-state index contributed by atoms with van der Waals surface area (Å²) in [4.78, 5) is 47.6. The normalized spacial score (nSPS) is 19.0. The van der Waals surface area contributed by atoms with Crippen LogP contribution in [0.2, 0.25) is 10.0 Å². The van der Waals surface area contributed by atoms with Gasteiger partial charge in [-0.25, -0.2) is 4.98 Å². The van der Waals surface area contributed by atoms with Gasteiger partial charge in [-0.15, -0.1) is 0 Å². The number of rotatable bonds is 9. The van der Waals surface area contributed by atoms with Gasteiger partial charge in [-0.1, -0.05) is 29.3 Å². The monoisotopic (exact) mass is 870 g/mol. The fourth-order valence-electron chi connectivity index (χ4n) is 8.26. The second kappa shape index (κ2) is 16.3. The van der Waals surface area contributed by atoms with Crippen molar-refractivity contribution in [2.24, 2.45) is 5.92 Å². The molecule has 3 aliphatic rings. The van der Waals surface area contributed by atoms with Gasteiger partial charge in [0.05, 0.1) is 33.0 Å². The van der Waals surface area contributed by atoms with Crippen LogP contribution in [0.25, 0.3) is 21.9 Å². The van der Waals surface area contributed by atoms with Gasteiger partial charge < -0.3 is 14.8 Å². The molecule has 3 fully saturated rings. The maximum atomic E-state index is 13.6. The lowest BCUT2D eigenvalue weighted by atomic mass is 9.97. The number of hydrogen-bond acceptors (Lipinski definition) is 8. The molecular formula is C40H39Cl2F3N8O5S. The molecule has 1 atom stereocenters. The van der Waals surface area contributed by atoms with E-state index >= 15 is 0 Å². The highest BCUT2D eigenvalue weighted by molar-refractivity contribution is 7.90. The predicted octanol–water partition coefficient (Wildman–Crippen LogP) is 6.94. The molecule has 310 valence electrons. The number of alkyl halides is 3. The van der Waals surface area contributed by atoms with Crippen molar-refractivity contribution in [1.29, 1.82) is 0 Å². The molecule has 5 heterocycles. The molecule has 3 N–H and O–H groups in total. The largest absolute Gasteiger partial charge is 0.416 e. The molecule has 0 radical (unpaired) electrons. The Morgan fingerprint density at radius 1 is 0.898 bits per heavy atom. The smallest absolute Gasteiger partial charge is 0.368 e. The Hall–Kier alpha value is -4.94. The van der Waals surface area contributed by atoms with E-state index in [1.807, 2.05) is 28.8 Å². The summed E-state index contributed by atoms with van der Waals surface area (Å²) in [6.07, 6.45) is -0.985. The molecule has 8 rings (SSSR count). The summed E-state index contributed by atoms with van der Waals surface area (Å²) in [5.74, 6) is -1.15. The number of hydrogen-bond donors (Lipinski definition) is 3. The summed E-state index contributed by atoms with van der Waals surface area (Å²) in [7, 11) is -4.10. The van der Waals surface area contributed by atoms with E-state index in [0.717, 1.165) is 66.8 Å². The number of aromatic nitrogens is 2. The molecule has 13 nitrogen and oxygen atoms in total. The van der Waals surface area contributed by atoms with Gasteiger partial charge >= 0.3 is 16.4 Å². The molecule has 59 heavy (non-hydrogen) atoms. The van der Waals surface area contributed by atoms with Crippen LogP contribution in [0, 0.1) is 5.92 Å². The number of amides is 3. The number of pyridine rings is 1. The Balaban J connectivity index is 0.884. The summed E-state index contributed by atoms with van der Waals surface area (Å²) in [5, 5.41) is 6.69. The zero-order valence-electron chi connectivity index (χ0n) is 31.4. The molecule has 3 amide bonds. The summed E-state index contributed by atoms with van der Waals surface area (Å²) in [6, 6.07) is 16.0. The number of carbonyl (C=O) groups excluding carboxylic acids is 3. The zero-order valence-corrected chi connectivity index (χ0v) is 33.8. The average molecular weight is 872 g/mol. The third-order valence-corrected chi connectivity index (χ3v) is 13.3. The number of fused-ring (bicyclic) bond motifs is 3. The molecule has 0 bridgehead atoms. The maximum absolute atomic E-state index is 13.6. The molecule has 0 spiro atoms. The number of nitrogens with one attached hydrogen (secondary N) is 3. The number of piperidine rings is 2. The van der Waals surface area contributed by atoms with E-state index < -0.39 is 33.9 Å². The minimum Gasteiger partial charge on any atom is -0.368 e. The van der Waals surface area contributed by atoms with Crippen molar-refractivity contribution in [3.8, 4) is 0 Å². The Morgan fingerprint density at radius 3 is 2.36 bits per heavy atom. The summed E-state index contributed by atoms with van der Waals surface area (Å²) < 4.78 is 72.3. The molecule has 3 saturated heterocycles. The first-order chi connectivity index (χ1) is 28.2. The lowest BCUT2D eigenvalue weighted by Crippen LogP contribution is -2.49. The van der Waals surface area contributed by atoms with Crippen molar-refractivity contribution in [3.63, 3.8) is 0 Å². The van der Waals surface area contributed by atoms with Gasteiger partial charge in [-0.05, 0) is 85.8 Å². The molecule has 5 aromatic rings. The number of nitrogens with zero attached hydrogens (tertiary/aromatic N) is 5. The SMILES string of the molecule is O=C1CCC(n2c3cccc(N4CCN(CC5CCN(S(=O)(=O)Nc6ccc(Cl)cc6C(=O)Nc6ccc(C(F)(F)F)cc6Cl)CC5)CC4)c3c3cccnc32)C(=O)N1. The first kappa shape index (κ1) is 40.8. The highest BCUT2D eigenvalue weighted by atomic mass is 35.5. The van der Waals surface area contributed by atoms with Crippen LogP contribution in [0.4, 0.5) is 30.2 Å². The van der Waals surface area contributed by atoms with Crippen LogP contribution in [0.5, 0.6) is 0 Å². The maximum Gasteiger partial charge on any atom is 0.416 e. The quantitative estimate of drug-likeness (QED) is 0.135. The van der Waals surface area contributed by atoms with E-state index in [4.69, 9.17) is 23.2 Å². The van der Waals surface area contributed by atoms with Crippen molar-refractivity contribution in [2.45, 2.75) is 37.9 Å². The third kappa shape index (κ3) is 8.44. The van der Waals surface area contributed by atoms with E-state index in [2.05, 4.69) is 36.2 Å². The van der Waals surface area contributed by atoms with Gasteiger partial charge in [-0.3, -0.25) is 29.3 Å². The highest BCUT2D eigenvalue weighted by Crippen LogP contribution is 2.39. The van der Waals surface area contributed by atoms with E-state index in [-0.39, 0.29) is 64.2 Å². The fourth-order valence-corrected chi connectivity index (χ4v) is 9.94. The van der Waals surface area contributed by atoms with E-state index in [0.29, 0.717) is 31.0 Å². The lowest BCUT2D eigenvalue weighted by Gasteiger charge is -2.39. The Morgan fingerprint density at radius 2 is 1.64 bits per heavy atom. The van der Waals surface area contributed by atoms with Gasteiger partial charge in [0.25, 0.3) is 5.91 Å². The minimum atomic E-state index is -4.63. The topological polar surface area (TPSA) is 149 Å². The molecule has 2 aromatic heterocycles. The van der Waals surface area contributed by atoms with Crippen LogP contribution in [0.3, 0.4) is 0 Å². The minimum absolute atomic E-state index is 0.0533. The summed E-state index contributed by atoms with van der Waals surface area (Å²) in [5.41, 5.74) is 1.38. The predicted molar refractivity (Wildman–Crippen MR) is 220 cm³/mol. The molecule has 0 aliphatic carbocycles. The fraction of sp³-hybridized carbons (Fsp3) is 0.350. The summed E-state index contributed by atoms with van der Waals surface area (Å²) in [6.45, 7) is 4.49. The standard InChI is InChI=1S/C40H39Cl2F3N8O5S/c41-26-7-9-30(28(22-26)38(55)47-31-8-6-25(21-29(31)42)40(43,44)45)49-59(57,58)52-15-12-24(13-16-52)23-50-17-19-51(20-18-50)32-4-1-5-33-36(32)27-3-2-14-46-37(27)53(33)34-10-11-35(54)48-39(34)56/h1-9,14,21-22,24,34,49H,10-13,15-20,23H2,(H,47,55)(H,48,54,56). The second-order valence-corrected chi connectivity index (χ2v) is 17.5. The lowest BCUT2D eigenvalue weighted by molar-refractivity contribution is -0.138. The van der Waals surface area contributed by atoms with Crippen LogP contribution in [-0.2, 0) is 26.0 Å². The number of imide groups is 1. The van der Waals surface area contributed by atoms with Crippen LogP contribution in [0.15, 0.2) is 72.9 Å². The van der Waals surface area contributed by atoms with Crippen LogP contribution in [0.1, 0.15) is 47.6 Å². The number of halogens is 5. The first-order valence-corrected chi connectivity index (χ1v) is 21.3. The van der Waals surface area contributed by atoms with Crippen LogP contribution < -0.4 is 20.3 Å². The second-order valence-electron chi connectivity index (χ2n) is 15.0. The first-order valence-electron chi connectivity index (χ1n) is 19.1. The van der Waals surface area contributed by atoms with Crippen molar-refractivity contribution in [2.75, 3.05) is 60.8 Å². The van der Waals surface area contributed by atoms with Crippen LogP contribution >= 0.6 is 23.2 Å². The third-order valence-electron chi connectivity index (χ3n) is 11.2. The van der Waals surface area contributed by atoms with Gasteiger partial charge in [-0.2, -0.15) is 25.9 Å². The molecular weight excluding hydrogens is 832 g/mol.